The molecule has 2 atom stereocenters. The van der Waals surface area contributed by atoms with E-state index in [-0.39, 0.29) is 12.2 Å². The molecule has 0 saturated heterocycles. The van der Waals surface area contributed by atoms with Gasteiger partial charge in [0.25, 0.3) is 0 Å². The molecule has 2 amide bonds. The van der Waals surface area contributed by atoms with Gasteiger partial charge in [-0.1, -0.05) is 23.7 Å². The maximum Gasteiger partial charge on any atom is 0.326 e. The monoisotopic (exact) mass is 420 g/mol. The minimum absolute atomic E-state index is 0.0966. The number of halogens is 2. The molecule has 0 saturated carbocycles. The number of benzene rings is 2. The number of amides is 2. The van der Waals surface area contributed by atoms with Crippen molar-refractivity contribution in [2.75, 3.05) is 11.6 Å². The van der Waals surface area contributed by atoms with E-state index in [1.165, 1.54) is 35.6 Å². The van der Waals surface area contributed by atoms with Crippen LogP contribution in [0.3, 0.4) is 0 Å². The summed E-state index contributed by atoms with van der Waals surface area (Å²) in [7, 11) is -1.31. The van der Waals surface area contributed by atoms with Gasteiger partial charge in [-0.05, 0) is 48.4 Å². The van der Waals surface area contributed by atoms with Crippen LogP contribution in [0.25, 0.3) is 0 Å². The Morgan fingerprint density at radius 3 is 2.61 bits per heavy atom. The van der Waals surface area contributed by atoms with Crippen molar-refractivity contribution in [3.63, 3.8) is 0 Å². The van der Waals surface area contributed by atoms with Crippen LogP contribution in [0.15, 0.2) is 53.6 Å². The van der Waals surface area contributed by atoms with Gasteiger partial charge in [0, 0.05) is 24.6 Å². The van der Waals surface area contributed by atoms with Crippen molar-refractivity contribution in [2.24, 2.45) is 0 Å². The molecular formula is C20H18ClFN2O3S. The number of allylic oxidation sites excluding steroid dienone is 1. The lowest BCUT2D eigenvalue weighted by atomic mass is 9.97. The first-order chi connectivity index (χ1) is 13.3. The van der Waals surface area contributed by atoms with E-state index in [9.17, 15) is 18.2 Å². The maximum absolute atomic E-state index is 13.2. The highest BCUT2D eigenvalue weighted by atomic mass is 35.5. The molecule has 3 rings (SSSR count). The molecule has 0 aliphatic carbocycles. The first-order valence-electron chi connectivity index (χ1n) is 8.45. The van der Waals surface area contributed by atoms with E-state index >= 15 is 0 Å². The molecule has 5 nitrogen and oxygen atoms in total. The summed E-state index contributed by atoms with van der Waals surface area (Å²) < 4.78 is 25.1. The average Bonchev–Trinajstić information content (AvgIpc) is 2.64. The second-order valence-corrected chi connectivity index (χ2v) is 8.20. The normalized spacial score (nSPS) is 17.5. The summed E-state index contributed by atoms with van der Waals surface area (Å²) in [5.41, 5.74) is 1.84. The quantitative estimate of drug-likeness (QED) is 0.789. The minimum Gasteiger partial charge on any atom is -0.307 e. The SMILES string of the molecule is Cc1cc(Cl)c(S(C)=O)cc1NC(=O)N1C=CC(=O)CC1c1ccc(F)cc1. The van der Waals surface area contributed by atoms with Crippen molar-refractivity contribution in [3.05, 3.63) is 70.6 Å². The topological polar surface area (TPSA) is 66.5 Å². The number of hydrogen-bond donors (Lipinski definition) is 1. The lowest BCUT2D eigenvalue weighted by Gasteiger charge is -2.31. The molecule has 2 aromatic carbocycles. The van der Waals surface area contributed by atoms with Crippen LogP contribution in [0.5, 0.6) is 0 Å². The number of ketones is 1. The minimum atomic E-state index is -1.31. The Labute approximate surface area is 169 Å². The smallest absolute Gasteiger partial charge is 0.307 e. The van der Waals surface area contributed by atoms with Crippen molar-refractivity contribution < 1.29 is 18.2 Å². The van der Waals surface area contributed by atoms with Crippen molar-refractivity contribution >= 4 is 39.9 Å². The van der Waals surface area contributed by atoms with Crippen LogP contribution >= 0.6 is 11.6 Å². The summed E-state index contributed by atoms with van der Waals surface area (Å²) in [5.74, 6) is -0.515. The Balaban J connectivity index is 1.91. The molecule has 1 N–H and O–H groups in total. The predicted molar refractivity (Wildman–Crippen MR) is 107 cm³/mol. The molecule has 0 fully saturated rings. The summed E-state index contributed by atoms with van der Waals surface area (Å²) in [6.45, 7) is 1.77. The van der Waals surface area contributed by atoms with Gasteiger partial charge in [0.05, 0.1) is 26.8 Å². The first-order valence-corrected chi connectivity index (χ1v) is 10.4. The molecule has 146 valence electrons. The van der Waals surface area contributed by atoms with E-state index < -0.39 is 28.7 Å². The Morgan fingerprint density at radius 2 is 1.96 bits per heavy atom. The zero-order valence-electron chi connectivity index (χ0n) is 15.2. The molecule has 2 aromatic rings. The number of rotatable bonds is 3. The Morgan fingerprint density at radius 1 is 1.29 bits per heavy atom. The third-order valence-corrected chi connectivity index (χ3v) is 5.85. The molecule has 1 aliphatic heterocycles. The highest BCUT2D eigenvalue weighted by molar-refractivity contribution is 7.84. The van der Waals surface area contributed by atoms with Gasteiger partial charge in [-0.25, -0.2) is 9.18 Å². The Kier molecular flexibility index (Phi) is 5.96. The highest BCUT2D eigenvalue weighted by Gasteiger charge is 2.29. The first kappa shape index (κ1) is 20.2. The molecular weight excluding hydrogens is 403 g/mol. The Bertz CT molecular complexity index is 992. The van der Waals surface area contributed by atoms with E-state index in [0.717, 1.165) is 0 Å². The largest absolute Gasteiger partial charge is 0.326 e. The molecule has 0 aromatic heterocycles. The van der Waals surface area contributed by atoms with E-state index in [1.54, 1.807) is 31.2 Å². The molecule has 0 radical (unpaired) electrons. The van der Waals surface area contributed by atoms with E-state index in [1.807, 2.05) is 0 Å². The summed E-state index contributed by atoms with van der Waals surface area (Å²) in [4.78, 5) is 26.6. The second-order valence-electron chi connectivity index (χ2n) is 6.44. The van der Waals surface area contributed by atoms with Crippen LogP contribution in [-0.2, 0) is 15.6 Å². The lowest BCUT2D eigenvalue weighted by Crippen LogP contribution is -2.37. The van der Waals surface area contributed by atoms with Gasteiger partial charge < -0.3 is 5.32 Å². The van der Waals surface area contributed by atoms with E-state index in [4.69, 9.17) is 11.6 Å². The third-order valence-electron chi connectivity index (χ3n) is 4.47. The van der Waals surface area contributed by atoms with Gasteiger partial charge in [-0.15, -0.1) is 0 Å². The molecule has 0 spiro atoms. The van der Waals surface area contributed by atoms with Crippen molar-refractivity contribution in [2.45, 2.75) is 24.3 Å². The molecule has 28 heavy (non-hydrogen) atoms. The molecule has 1 aliphatic rings. The summed E-state index contributed by atoms with van der Waals surface area (Å²) in [6, 6.07) is 7.90. The van der Waals surface area contributed by atoms with Crippen LogP contribution in [0, 0.1) is 12.7 Å². The number of anilines is 1. The Hall–Kier alpha value is -2.51. The fraction of sp³-hybridized carbons (Fsp3) is 0.200. The van der Waals surface area contributed by atoms with Crippen molar-refractivity contribution in [1.29, 1.82) is 0 Å². The fourth-order valence-electron chi connectivity index (χ4n) is 2.98. The van der Waals surface area contributed by atoms with Crippen LogP contribution in [0.1, 0.15) is 23.6 Å². The number of urea groups is 1. The fourth-order valence-corrected chi connectivity index (χ4v) is 4.15. The molecule has 8 heteroatoms. The number of hydrogen-bond acceptors (Lipinski definition) is 3. The number of nitrogens with zero attached hydrogens (tertiary/aromatic N) is 1. The highest BCUT2D eigenvalue weighted by Crippen LogP contribution is 2.31. The molecule has 2 unspecified atom stereocenters. The summed E-state index contributed by atoms with van der Waals surface area (Å²) in [6.07, 6.45) is 4.35. The number of nitrogens with one attached hydrogen (secondary N) is 1. The van der Waals surface area contributed by atoms with Gasteiger partial charge in [-0.3, -0.25) is 13.9 Å². The zero-order chi connectivity index (χ0) is 20.4. The van der Waals surface area contributed by atoms with Gasteiger partial charge >= 0.3 is 6.03 Å². The summed E-state index contributed by atoms with van der Waals surface area (Å²) in [5, 5.41) is 3.15. The van der Waals surface area contributed by atoms with Crippen LogP contribution in [0.4, 0.5) is 14.9 Å². The maximum atomic E-state index is 13.2. The van der Waals surface area contributed by atoms with Crippen LogP contribution < -0.4 is 5.32 Å². The number of aryl methyl sites for hydroxylation is 1. The zero-order valence-corrected chi connectivity index (χ0v) is 16.8. The van der Waals surface area contributed by atoms with Crippen molar-refractivity contribution in [3.8, 4) is 0 Å². The number of carbonyl (C=O) groups is 2. The molecule has 0 bridgehead atoms. The lowest BCUT2D eigenvalue weighted by molar-refractivity contribution is -0.116. The summed E-state index contributed by atoms with van der Waals surface area (Å²) >= 11 is 6.12. The molecule has 1 heterocycles. The van der Waals surface area contributed by atoms with Crippen LogP contribution in [0.2, 0.25) is 5.02 Å². The predicted octanol–water partition coefficient (Wildman–Crippen LogP) is 4.59. The average molecular weight is 421 g/mol. The van der Waals surface area contributed by atoms with Gasteiger partial charge in [0.2, 0.25) is 0 Å². The van der Waals surface area contributed by atoms with Gasteiger partial charge in [-0.2, -0.15) is 0 Å². The van der Waals surface area contributed by atoms with E-state index in [2.05, 4.69) is 5.32 Å². The standard InChI is InChI=1S/C20H18ClFN2O3S/c1-12-9-16(21)19(28(2)27)11-17(12)23-20(26)24-8-7-15(25)10-18(24)13-3-5-14(22)6-4-13/h3-9,11,18H,10H2,1-2H3,(H,23,26). The van der Waals surface area contributed by atoms with E-state index in [0.29, 0.717) is 26.7 Å². The van der Waals surface area contributed by atoms with Crippen molar-refractivity contribution in [1.82, 2.24) is 4.90 Å². The third kappa shape index (κ3) is 4.31. The van der Waals surface area contributed by atoms with Crippen LogP contribution in [-0.4, -0.2) is 27.2 Å². The van der Waals surface area contributed by atoms with Gasteiger partial charge in [0.1, 0.15) is 5.82 Å². The van der Waals surface area contributed by atoms with Gasteiger partial charge in [0.15, 0.2) is 5.78 Å². The number of carbonyl (C=O) groups excluding carboxylic acids is 2. The second kappa shape index (κ2) is 8.24.